The summed E-state index contributed by atoms with van der Waals surface area (Å²) in [5.41, 5.74) is 3.16. The highest BCUT2D eigenvalue weighted by atomic mass is 32.2. The van der Waals surface area contributed by atoms with Crippen LogP contribution in [0.5, 0.6) is 0 Å². The fourth-order valence-corrected chi connectivity index (χ4v) is 5.97. The molecule has 36 heavy (non-hydrogen) atoms. The molecule has 188 valence electrons. The van der Waals surface area contributed by atoms with Crippen molar-refractivity contribution in [2.45, 2.75) is 44.4 Å². The van der Waals surface area contributed by atoms with E-state index < -0.39 is 10.0 Å². The predicted octanol–water partition coefficient (Wildman–Crippen LogP) is 5.46. The molecule has 1 aliphatic heterocycles. The Hall–Kier alpha value is -3.65. The van der Waals surface area contributed by atoms with Crippen LogP contribution >= 0.6 is 0 Å². The molecular weight excluding hydrogens is 474 g/mol. The second kappa shape index (κ2) is 11.0. The van der Waals surface area contributed by atoms with Crippen molar-refractivity contribution in [1.29, 1.82) is 0 Å². The molecule has 0 spiro atoms. The van der Waals surface area contributed by atoms with Gasteiger partial charge in [0, 0.05) is 29.4 Å². The van der Waals surface area contributed by atoms with E-state index in [0.717, 1.165) is 36.9 Å². The molecule has 7 nitrogen and oxygen atoms in total. The minimum atomic E-state index is -3.72. The molecule has 2 N–H and O–H groups in total. The van der Waals surface area contributed by atoms with Crippen LogP contribution in [-0.4, -0.2) is 26.8 Å². The number of sulfonamides is 1. The zero-order valence-corrected chi connectivity index (χ0v) is 21.3. The third-order valence-corrected chi connectivity index (χ3v) is 8.34. The lowest BCUT2D eigenvalue weighted by atomic mass is 10.0. The summed E-state index contributed by atoms with van der Waals surface area (Å²) in [6, 6.07) is 20.5. The fraction of sp³-hybridized carbons (Fsp3) is 0.286. The van der Waals surface area contributed by atoms with E-state index in [1.165, 1.54) is 16.4 Å². The first-order valence-corrected chi connectivity index (χ1v) is 13.7. The quantitative estimate of drug-likeness (QED) is 0.425. The number of carbonyl (C=O) groups excluding carboxylic acids is 2. The molecule has 3 aromatic carbocycles. The maximum atomic E-state index is 13.3. The number of nitrogens with one attached hydrogen (secondary N) is 2. The van der Waals surface area contributed by atoms with Crippen molar-refractivity contribution in [2.24, 2.45) is 5.92 Å². The van der Waals surface area contributed by atoms with E-state index in [1.807, 2.05) is 38.1 Å². The molecule has 1 heterocycles. The summed E-state index contributed by atoms with van der Waals surface area (Å²) in [6.45, 7) is 4.38. The number of fused-ring (bicyclic) bond motifs is 1. The summed E-state index contributed by atoms with van der Waals surface area (Å²) in [6.07, 6.45) is 3.12. The van der Waals surface area contributed by atoms with E-state index in [1.54, 1.807) is 36.4 Å². The number of benzene rings is 3. The Balaban J connectivity index is 1.46. The summed E-state index contributed by atoms with van der Waals surface area (Å²) < 4.78 is 28.1. The minimum absolute atomic E-state index is 0.0642. The van der Waals surface area contributed by atoms with Gasteiger partial charge in [-0.05, 0) is 79.8 Å². The maximum Gasteiger partial charge on any atom is 0.264 e. The lowest BCUT2D eigenvalue weighted by Gasteiger charge is -2.30. The van der Waals surface area contributed by atoms with Crippen molar-refractivity contribution in [3.63, 3.8) is 0 Å². The summed E-state index contributed by atoms with van der Waals surface area (Å²) in [7, 11) is -3.72. The molecule has 0 unspecified atom stereocenters. The second-order valence-corrected chi connectivity index (χ2v) is 10.7. The van der Waals surface area contributed by atoms with Crippen LogP contribution in [0, 0.1) is 5.92 Å². The van der Waals surface area contributed by atoms with Crippen molar-refractivity contribution in [1.82, 2.24) is 0 Å². The molecule has 0 radical (unpaired) electrons. The zero-order valence-electron chi connectivity index (χ0n) is 20.5. The lowest BCUT2D eigenvalue weighted by molar-refractivity contribution is -0.120. The van der Waals surface area contributed by atoms with Gasteiger partial charge in [0.15, 0.2) is 0 Å². The smallest absolute Gasteiger partial charge is 0.264 e. The van der Waals surface area contributed by atoms with Crippen LogP contribution in [0.4, 0.5) is 17.1 Å². The Labute approximate surface area is 212 Å². The van der Waals surface area contributed by atoms with Crippen LogP contribution in [0.2, 0.25) is 0 Å². The van der Waals surface area contributed by atoms with E-state index in [0.29, 0.717) is 23.5 Å². The molecule has 0 saturated heterocycles. The third kappa shape index (κ3) is 5.44. The summed E-state index contributed by atoms with van der Waals surface area (Å²) in [4.78, 5) is 25.4. The Bertz CT molecular complexity index is 1350. The molecular formula is C28H31N3O4S. The number of aryl methyl sites for hydroxylation is 1. The minimum Gasteiger partial charge on any atom is -0.326 e. The SMILES string of the molecule is CCC(CC)C(=O)Nc1cccc(C(=O)Nc2ccc(S(=O)(=O)N3CCCc4ccccc43)cc2)c1. The number of nitrogens with zero attached hydrogens (tertiary/aromatic N) is 1. The number of rotatable bonds is 8. The van der Waals surface area contributed by atoms with Crippen LogP contribution < -0.4 is 14.9 Å². The number of para-hydroxylation sites is 1. The van der Waals surface area contributed by atoms with Gasteiger partial charge in [-0.25, -0.2) is 8.42 Å². The van der Waals surface area contributed by atoms with Gasteiger partial charge < -0.3 is 10.6 Å². The highest BCUT2D eigenvalue weighted by molar-refractivity contribution is 7.92. The largest absolute Gasteiger partial charge is 0.326 e. The third-order valence-electron chi connectivity index (χ3n) is 6.52. The van der Waals surface area contributed by atoms with E-state index in [4.69, 9.17) is 0 Å². The van der Waals surface area contributed by atoms with E-state index in [2.05, 4.69) is 10.6 Å². The maximum absolute atomic E-state index is 13.3. The van der Waals surface area contributed by atoms with Crippen molar-refractivity contribution >= 4 is 38.9 Å². The molecule has 0 atom stereocenters. The van der Waals surface area contributed by atoms with E-state index >= 15 is 0 Å². The Morgan fingerprint density at radius 2 is 1.61 bits per heavy atom. The lowest BCUT2D eigenvalue weighted by Crippen LogP contribution is -2.35. The van der Waals surface area contributed by atoms with Gasteiger partial charge in [0.05, 0.1) is 10.6 Å². The van der Waals surface area contributed by atoms with E-state index in [-0.39, 0.29) is 22.6 Å². The van der Waals surface area contributed by atoms with Crippen molar-refractivity contribution < 1.29 is 18.0 Å². The van der Waals surface area contributed by atoms with E-state index in [9.17, 15) is 18.0 Å². The number of anilines is 3. The standard InChI is InChI=1S/C28H31N3O4S/c1-3-20(4-2)27(32)30-24-12-7-10-22(19-24)28(33)29-23-14-16-25(17-15-23)36(34,35)31-18-8-11-21-9-5-6-13-26(21)31/h5-7,9-10,12-17,19-20H,3-4,8,11,18H2,1-2H3,(H,29,33)(H,30,32). The summed E-state index contributed by atoms with van der Waals surface area (Å²) >= 11 is 0. The van der Waals surface area contributed by atoms with Crippen LogP contribution in [0.25, 0.3) is 0 Å². The highest BCUT2D eigenvalue weighted by Crippen LogP contribution is 2.32. The summed E-state index contributed by atoms with van der Waals surface area (Å²) in [5, 5.41) is 5.67. The monoisotopic (exact) mass is 505 g/mol. The Kier molecular flexibility index (Phi) is 7.74. The predicted molar refractivity (Wildman–Crippen MR) is 143 cm³/mol. The normalized spacial score (nSPS) is 13.2. The first-order chi connectivity index (χ1) is 17.3. The van der Waals surface area contributed by atoms with Gasteiger partial charge in [-0.3, -0.25) is 13.9 Å². The van der Waals surface area contributed by atoms with Crippen LogP contribution in [0.1, 0.15) is 49.0 Å². The van der Waals surface area contributed by atoms with Gasteiger partial charge in [-0.15, -0.1) is 0 Å². The van der Waals surface area contributed by atoms with Gasteiger partial charge in [-0.2, -0.15) is 0 Å². The molecule has 0 bridgehead atoms. The van der Waals surface area contributed by atoms with Gasteiger partial charge >= 0.3 is 0 Å². The number of hydrogen-bond acceptors (Lipinski definition) is 4. The Morgan fingerprint density at radius 1 is 0.889 bits per heavy atom. The fourth-order valence-electron chi connectivity index (χ4n) is 4.43. The summed E-state index contributed by atoms with van der Waals surface area (Å²) in [5.74, 6) is -0.490. The van der Waals surface area contributed by atoms with Gasteiger partial charge in [0.1, 0.15) is 0 Å². The van der Waals surface area contributed by atoms with Gasteiger partial charge in [0.2, 0.25) is 5.91 Å². The molecule has 4 rings (SSSR count). The molecule has 8 heteroatoms. The van der Waals surface area contributed by atoms with Crippen molar-refractivity contribution in [3.05, 3.63) is 83.9 Å². The second-order valence-electron chi connectivity index (χ2n) is 8.87. The molecule has 0 saturated carbocycles. The molecule has 2 amide bonds. The van der Waals surface area contributed by atoms with Crippen molar-refractivity contribution in [3.8, 4) is 0 Å². The topological polar surface area (TPSA) is 95.6 Å². The molecule has 0 fully saturated rings. The van der Waals surface area contributed by atoms with Gasteiger partial charge in [-0.1, -0.05) is 38.1 Å². The number of amides is 2. The zero-order chi connectivity index (χ0) is 25.7. The van der Waals surface area contributed by atoms with Gasteiger partial charge in [0.25, 0.3) is 15.9 Å². The first-order valence-electron chi connectivity index (χ1n) is 12.3. The molecule has 0 aromatic heterocycles. The molecule has 3 aromatic rings. The van der Waals surface area contributed by atoms with Crippen LogP contribution in [0.15, 0.2) is 77.7 Å². The average Bonchev–Trinajstić information content (AvgIpc) is 2.89. The van der Waals surface area contributed by atoms with Crippen LogP contribution in [0.3, 0.4) is 0 Å². The van der Waals surface area contributed by atoms with Crippen LogP contribution in [-0.2, 0) is 21.2 Å². The highest BCUT2D eigenvalue weighted by Gasteiger charge is 2.28. The first kappa shape index (κ1) is 25.4. The van der Waals surface area contributed by atoms with Crippen molar-refractivity contribution in [2.75, 3.05) is 21.5 Å². The Morgan fingerprint density at radius 3 is 2.33 bits per heavy atom. The molecule has 0 aliphatic carbocycles. The average molecular weight is 506 g/mol. The number of carbonyl (C=O) groups is 2. The molecule has 1 aliphatic rings. The number of hydrogen-bond donors (Lipinski definition) is 2.